The molecule has 2 aromatic carbocycles. The van der Waals surface area contributed by atoms with E-state index in [1.54, 1.807) is 24.5 Å². The summed E-state index contributed by atoms with van der Waals surface area (Å²) in [4.78, 5) is 28.6. The molecule has 6 rings (SSSR count). The van der Waals surface area contributed by atoms with Gasteiger partial charge in [0.05, 0.1) is 11.3 Å². The SMILES string of the molecule is CC1CN(C(=O)c2cccc(Nc3ncc4c(n3)C3=CN=C(Cl)C=C(c5c(F)cccc5F)C3=CC4)c2)CC(C)N1. The van der Waals surface area contributed by atoms with E-state index in [-0.39, 0.29) is 28.7 Å². The van der Waals surface area contributed by atoms with Crippen LogP contribution >= 0.6 is 11.6 Å². The van der Waals surface area contributed by atoms with Crippen molar-refractivity contribution in [2.24, 2.45) is 4.99 Å². The van der Waals surface area contributed by atoms with Gasteiger partial charge in [0, 0.05) is 60.0 Å². The van der Waals surface area contributed by atoms with E-state index in [4.69, 9.17) is 16.6 Å². The summed E-state index contributed by atoms with van der Waals surface area (Å²) in [7, 11) is 0. The number of nitrogens with zero attached hydrogens (tertiary/aromatic N) is 4. The average Bonchev–Trinajstić information content (AvgIpc) is 3.11. The van der Waals surface area contributed by atoms with Crippen LogP contribution in [0.1, 0.15) is 41.0 Å². The summed E-state index contributed by atoms with van der Waals surface area (Å²) in [6, 6.07) is 11.4. The highest BCUT2D eigenvalue weighted by molar-refractivity contribution is 6.69. The number of hydrogen-bond donors (Lipinski definition) is 2. The van der Waals surface area contributed by atoms with Gasteiger partial charge in [0.2, 0.25) is 5.95 Å². The number of hydrogen-bond acceptors (Lipinski definition) is 6. The van der Waals surface area contributed by atoms with Crippen molar-refractivity contribution in [3.05, 3.63) is 107 Å². The first-order valence-electron chi connectivity index (χ1n) is 13.4. The molecule has 3 heterocycles. The molecule has 3 aromatic rings. The highest BCUT2D eigenvalue weighted by Crippen LogP contribution is 2.41. The highest BCUT2D eigenvalue weighted by atomic mass is 35.5. The maximum Gasteiger partial charge on any atom is 0.254 e. The molecular weight excluding hydrogens is 546 g/mol. The molecule has 41 heavy (non-hydrogen) atoms. The minimum Gasteiger partial charge on any atom is -0.336 e. The van der Waals surface area contributed by atoms with E-state index in [2.05, 4.69) is 34.5 Å². The number of halogens is 3. The summed E-state index contributed by atoms with van der Waals surface area (Å²) >= 11 is 6.29. The number of fused-ring (bicyclic) bond motifs is 3. The van der Waals surface area contributed by atoms with Gasteiger partial charge in [0.15, 0.2) is 0 Å². The van der Waals surface area contributed by atoms with Crippen molar-refractivity contribution in [3.63, 3.8) is 0 Å². The molecule has 2 atom stereocenters. The van der Waals surface area contributed by atoms with Crippen LogP contribution in [0.5, 0.6) is 0 Å². The maximum atomic E-state index is 14.8. The van der Waals surface area contributed by atoms with Crippen LogP contribution in [0.2, 0.25) is 0 Å². The Balaban J connectivity index is 1.30. The van der Waals surface area contributed by atoms with E-state index >= 15 is 0 Å². The lowest BCUT2D eigenvalue weighted by atomic mass is 9.84. The van der Waals surface area contributed by atoms with Gasteiger partial charge in [-0.05, 0) is 67.8 Å². The lowest BCUT2D eigenvalue weighted by molar-refractivity contribution is 0.0674. The summed E-state index contributed by atoms with van der Waals surface area (Å²) < 4.78 is 29.7. The molecule has 1 aromatic heterocycles. The molecule has 10 heteroatoms. The molecular formula is C31H27ClF2N6O. The summed E-state index contributed by atoms with van der Waals surface area (Å²) in [6.45, 7) is 5.41. The van der Waals surface area contributed by atoms with Crippen molar-refractivity contribution in [2.75, 3.05) is 18.4 Å². The van der Waals surface area contributed by atoms with Gasteiger partial charge < -0.3 is 15.5 Å². The first kappa shape index (κ1) is 27.0. The van der Waals surface area contributed by atoms with Gasteiger partial charge >= 0.3 is 0 Å². The van der Waals surface area contributed by atoms with Crippen LogP contribution in [0.15, 0.2) is 77.6 Å². The molecule has 1 aliphatic carbocycles. The summed E-state index contributed by atoms with van der Waals surface area (Å²) in [5, 5.41) is 6.73. The minimum atomic E-state index is -0.696. The Hall–Kier alpha value is -4.21. The fourth-order valence-corrected chi connectivity index (χ4v) is 5.70. The smallest absolute Gasteiger partial charge is 0.254 e. The fourth-order valence-electron chi connectivity index (χ4n) is 5.54. The topological polar surface area (TPSA) is 82.5 Å². The third kappa shape index (κ3) is 5.42. The van der Waals surface area contributed by atoms with Crippen molar-refractivity contribution in [1.29, 1.82) is 0 Å². The predicted molar refractivity (Wildman–Crippen MR) is 157 cm³/mol. The number of anilines is 2. The van der Waals surface area contributed by atoms with Crippen molar-refractivity contribution in [2.45, 2.75) is 32.4 Å². The third-order valence-corrected chi connectivity index (χ3v) is 7.46. The van der Waals surface area contributed by atoms with E-state index in [1.807, 2.05) is 23.1 Å². The molecule has 1 saturated heterocycles. The molecule has 0 spiro atoms. The molecule has 0 radical (unpaired) electrons. The van der Waals surface area contributed by atoms with Crippen molar-refractivity contribution >= 4 is 45.5 Å². The van der Waals surface area contributed by atoms with Gasteiger partial charge in [0.25, 0.3) is 5.91 Å². The number of nitrogens with one attached hydrogen (secondary N) is 2. The largest absolute Gasteiger partial charge is 0.336 e. The van der Waals surface area contributed by atoms with Gasteiger partial charge in [0.1, 0.15) is 16.8 Å². The lowest BCUT2D eigenvalue weighted by Gasteiger charge is -2.36. The average molecular weight is 573 g/mol. The zero-order chi connectivity index (χ0) is 28.7. The number of aliphatic imine (C=N–C) groups is 1. The monoisotopic (exact) mass is 572 g/mol. The second kappa shape index (κ2) is 11.0. The van der Waals surface area contributed by atoms with Gasteiger partial charge in [-0.2, -0.15) is 0 Å². The van der Waals surface area contributed by atoms with Crippen LogP contribution in [0.4, 0.5) is 20.4 Å². The van der Waals surface area contributed by atoms with Crippen LogP contribution in [0, 0.1) is 11.6 Å². The Morgan fingerprint density at radius 2 is 1.78 bits per heavy atom. The molecule has 2 N–H and O–H groups in total. The van der Waals surface area contributed by atoms with Crippen molar-refractivity contribution < 1.29 is 13.6 Å². The molecule has 2 aliphatic heterocycles. The van der Waals surface area contributed by atoms with Crippen LogP contribution in [0.3, 0.4) is 0 Å². The van der Waals surface area contributed by atoms with Gasteiger partial charge in [-0.25, -0.2) is 23.7 Å². The number of aromatic nitrogens is 2. The van der Waals surface area contributed by atoms with Crippen LogP contribution in [-0.4, -0.2) is 51.1 Å². The van der Waals surface area contributed by atoms with Crippen LogP contribution in [0.25, 0.3) is 11.1 Å². The Labute approximate surface area is 241 Å². The summed E-state index contributed by atoms with van der Waals surface area (Å²) in [5.41, 5.74) is 3.90. The second-order valence-corrected chi connectivity index (χ2v) is 10.8. The molecule has 3 aliphatic rings. The zero-order valence-corrected chi connectivity index (χ0v) is 23.2. The van der Waals surface area contributed by atoms with E-state index < -0.39 is 11.6 Å². The molecule has 0 bridgehead atoms. The second-order valence-electron chi connectivity index (χ2n) is 10.4. The van der Waals surface area contributed by atoms with Gasteiger partial charge in [-0.3, -0.25) is 4.79 Å². The Bertz CT molecular complexity index is 1650. The molecule has 1 amide bonds. The Morgan fingerprint density at radius 3 is 2.54 bits per heavy atom. The first-order valence-corrected chi connectivity index (χ1v) is 13.7. The molecule has 7 nitrogen and oxygen atoms in total. The highest BCUT2D eigenvalue weighted by Gasteiger charge is 2.28. The quantitative estimate of drug-likeness (QED) is 0.408. The zero-order valence-electron chi connectivity index (χ0n) is 22.5. The Morgan fingerprint density at radius 1 is 1.05 bits per heavy atom. The van der Waals surface area contributed by atoms with Crippen LogP contribution < -0.4 is 10.6 Å². The molecule has 208 valence electrons. The number of carbonyl (C=O) groups excluding carboxylic acids is 1. The standard InChI is InChI=1S/C31H27ClF2N6O/c1-17-15-40(16-18(2)37-17)30(41)19-5-3-6-21(11-19)38-31-36-13-20-9-10-22-23(28-25(33)7-4-8-26(28)34)12-27(32)35-14-24(22)29(20)39-31/h3-8,10-14,17-18,37H,9,15-16H2,1-2H3,(H,36,38,39). The number of allylic oxidation sites excluding steroid dienone is 5. The van der Waals surface area contributed by atoms with E-state index in [1.165, 1.54) is 24.3 Å². The number of benzene rings is 2. The van der Waals surface area contributed by atoms with Crippen LogP contribution in [-0.2, 0) is 6.42 Å². The molecule has 2 unspecified atom stereocenters. The number of carbonyl (C=O) groups is 1. The van der Waals surface area contributed by atoms with Crippen molar-refractivity contribution in [1.82, 2.24) is 20.2 Å². The lowest BCUT2D eigenvalue weighted by Crippen LogP contribution is -2.55. The summed E-state index contributed by atoms with van der Waals surface area (Å²) in [5.74, 6) is -1.12. The van der Waals surface area contributed by atoms with E-state index in [0.717, 1.165) is 5.56 Å². The Kier molecular flexibility index (Phi) is 7.23. The normalized spacial score (nSPS) is 20.1. The maximum absolute atomic E-state index is 14.8. The van der Waals surface area contributed by atoms with E-state index in [9.17, 15) is 13.6 Å². The molecule has 1 fully saturated rings. The number of amides is 1. The van der Waals surface area contributed by atoms with E-state index in [0.29, 0.717) is 59.1 Å². The van der Waals surface area contributed by atoms with Crippen molar-refractivity contribution in [3.8, 4) is 0 Å². The number of rotatable bonds is 4. The summed E-state index contributed by atoms with van der Waals surface area (Å²) in [6.07, 6.45) is 7.06. The fraction of sp³-hybridized carbons (Fsp3) is 0.226. The minimum absolute atomic E-state index is 0.0342. The van der Waals surface area contributed by atoms with Gasteiger partial charge in [-0.15, -0.1) is 0 Å². The number of piperazine rings is 1. The molecule has 0 saturated carbocycles. The predicted octanol–water partition coefficient (Wildman–Crippen LogP) is 5.88. The third-order valence-electron chi connectivity index (χ3n) is 7.25. The van der Waals surface area contributed by atoms with Gasteiger partial charge in [-0.1, -0.05) is 29.8 Å². The first-order chi connectivity index (χ1) is 19.8.